The van der Waals surface area contributed by atoms with Crippen LogP contribution in [0.4, 0.5) is 0 Å². The van der Waals surface area contributed by atoms with Gasteiger partial charge in [-0.25, -0.2) is 0 Å². The highest BCUT2D eigenvalue weighted by Gasteiger charge is 1.98. The van der Waals surface area contributed by atoms with Crippen molar-refractivity contribution in [2.75, 3.05) is 13.7 Å². The van der Waals surface area contributed by atoms with Gasteiger partial charge in [-0.3, -0.25) is 4.79 Å². The molecule has 0 bridgehead atoms. The first-order chi connectivity index (χ1) is 10.8. The quantitative estimate of drug-likeness (QED) is 0.627. The third kappa shape index (κ3) is 5.44. The van der Waals surface area contributed by atoms with E-state index in [1.54, 1.807) is 13.2 Å². The monoisotopic (exact) mass is 295 g/mol. The minimum atomic E-state index is -0.0607. The Morgan fingerprint density at radius 1 is 1.14 bits per heavy atom. The molecule has 0 atom stereocenters. The largest absolute Gasteiger partial charge is 0.497 e. The third-order valence-electron chi connectivity index (χ3n) is 3.30. The van der Waals surface area contributed by atoms with E-state index in [0.29, 0.717) is 6.54 Å². The van der Waals surface area contributed by atoms with Crippen LogP contribution in [0.2, 0.25) is 0 Å². The summed E-state index contributed by atoms with van der Waals surface area (Å²) >= 11 is 0. The first-order valence-corrected chi connectivity index (χ1v) is 7.42. The lowest BCUT2D eigenvalue weighted by molar-refractivity contribution is -0.116. The minimum absolute atomic E-state index is 0.0607. The van der Waals surface area contributed by atoms with Gasteiger partial charge in [-0.2, -0.15) is 0 Å². The number of hydrogen-bond donors (Lipinski definition) is 1. The Kier molecular flexibility index (Phi) is 6.24. The number of rotatable bonds is 7. The van der Waals surface area contributed by atoms with E-state index in [-0.39, 0.29) is 5.91 Å². The van der Waals surface area contributed by atoms with Gasteiger partial charge in [-0.15, -0.1) is 0 Å². The first kappa shape index (κ1) is 15.8. The second-order valence-electron chi connectivity index (χ2n) is 4.99. The maximum absolute atomic E-state index is 11.7. The maximum Gasteiger partial charge on any atom is 0.243 e. The van der Waals surface area contributed by atoms with Gasteiger partial charge in [-0.1, -0.05) is 42.5 Å². The van der Waals surface area contributed by atoms with Crippen molar-refractivity contribution in [1.29, 1.82) is 0 Å². The molecule has 114 valence electrons. The van der Waals surface area contributed by atoms with Crippen molar-refractivity contribution in [3.8, 4) is 5.75 Å². The summed E-state index contributed by atoms with van der Waals surface area (Å²) in [5.41, 5.74) is 2.24. The van der Waals surface area contributed by atoms with Crippen LogP contribution < -0.4 is 10.1 Å². The van der Waals surface area contributed by atoms with Gasteiger partial charge in [0, 0.05) is 12.6 Å². The van der Waals surface area contributed by atoms with Gasteiger partial charge in [-0.05, 0) is 42.2 Å². The fraction of sp³-hybridized carbons (Fsp3) is 0.211. The van der Waals surface area contributed by atoms with E-state index in [1.165, 1.54) is 5.56 Å². The maximum atomic E-state index is 11.7. The second kappa shape index (κ2) is 8.67. The van der Waals surface area contributed by atoms with Crippen molar-refractivity contribution in [2.45, 2.75) is 12.8 Å². The fourth-order valence-corrected chi connectivity index (χ4v) is 2.13. The Morgan fingerprint density at radius 3 is 2.73 bits per heavy atom. The molecule has 1 amide bonds. The molecular weight excluding hydrogens is 274 g/mol. The molecule has 0 saturated heterocycles. The minimum Gasteiger partial charge on any atom is -0.497 e. The molecule has 0 aliphatic rings. The van der Waals surface area contributed by atoms with Crippen molar-refractivity contribution >= 4 is 12.0 Å². The molecule has 0 aliphatic carbocycles. The van der Waals surface area contributed by atoms with E-state index in [2.05, 4.69) is 11.4 Å². The highest BCUT2D eigenvalue weighted by Crippen LogP contribution is 2.13. The zero-order valence-corrected chi connectivity index (χ0v) is 12.8. The van der Waals surface area contributed by atoms with Crippen LogP contribution in [0.1, 0.15) is 17.5 Å². The van der Waals surface area contributed by atoms with Crippen LogP contribution in [-0.4, -0.2) is 19.6 Å². The molecule has 2 rings (SSSR count). The Bertz CT molecular complexity index is 620. The van der Waals surface area contributed by atoms with E-state index in [0.717, 1.165) is 24.2 Å². The van der Waals surface area contributed by atoms with Crippen LogP contribution in [0.5, 0.6) is 5.75 Å². The Morgan fingerprint density at radius 2 is 1.95 bits per heavy atom. The normalized spacial score (nSPS) is 10.6. The molecule has 0 aliphatic heterocycles. The number of nitrogens with one attached hydrogen (secondary N) is 1. The summed E-state index contributed by atoms with van der Waals surface area (Å²) in [5, 5.41) is 2.89. The van der Waals surface area contributed by atoms with E-state index < -0.39 is 0 Å². The summed E-state index contributed by atoms with van der Waals surface area (Å²) in [5.74, 6) is 0.807. The molecule has 0 heterocycles. The van der Waals surface area contributed by atoms with E-state index in [9.17, 15) is 4.79 Å². The van der Waals surface area contributed by atoms with Crippen molar-refractivity contribution in [2.24, 2.45) is 0 Å². The average Bonchev–Trinajstić information content (AvgIpc) is 2.58. The SMILES string of the molecule is COc1cccc(CCCNC(=O)/C=C/c2ccccc2)c1. The van der Waals surface area contributed by atoms with Gasteiger partial charge in [0.05, 0.1) is 7.11 Å². The average molecular weight is 295 g/mol. The van der Waals surface area contributed by atoms with E-state index in [4.69, 9.17) is 4.74 Å². The Labute approximate surface area is 131 Å². The summed E-state index contributed by atoms with van der Waals surface area (Å²) in [4.78, 5) is 11.7. The number of methoxy groups -OCH3 is 1. The summed E-state index contributed by atoms with van der Waals surface area (Å²) in [6.45, 7) is 0.662. The molecule has 2 aromatic rings. The van der Waals surface area contributed by atoms with Crippen LogP contribution in [0.15, 0.2) is 60.7 Å². The topological polar surface area (TPSA) is 38.3 Å². The predicted molar refractivity (Wildman–Crippen MR) is 89.8 cm³/mol. The summed E-state index contributed by atoms with van der Waals surface area (Å²) < 4.78 is 5.19. The highest BCUT2D eigenvalue weighted by atomic mass is 16.5. The van der Waals surface area contributed by atoms with Gasteiger partial charge >= 0.3 is 0 Å². The van der Waals surface area contributed by atoms with Crippen molar-refractivity contribution in [3.05, 3.63) is 71.8 Å². The van der Waals surface area contributed by atoms with Gasteiger partial charge in [0.2, 0.25) is 5.91 Å². The second-order valence-corrected chi connectivity index (χ2v) is 4.99. The number of hydrogen-bond acceptors (Lipinski definition) is 2. The Hall–Kier alpha value is -2.55. The van der Waals surface area contributed by atoms with Crippen LogP contribution in [0, 0.1) is 0 Å². The predicted octanol–water partition coefficient (Wildman–Crippen LogP) is 3.46. The fourth-order valence-electron chi connectivity index (χ4n) is 2.13. The summed E-state index contributed by atoms with van der Waals surface area (Å²) in [6.07, 6.45) is 5.20. The molecule has 0 aromatic heterocycles. The zero-order chi connectivity index (χ0) is 15.6. The molecule has 0 saturated carbocycles. The molecule has 3 heteroatoms. The number of carbonyl (C=O) groups excluding carboxylic acids is 1. The molecule has 22 heavy (non-hydrogen) atoms. The van der Waals surface area contributed by atoms with Gasteiger partial charge in [0.15, 0.2) is 0 Å². The molecule has 0 spiro atoms. The van der Waals surface area contributed by atoms with Crippen LogP contribution >= 0.6 is 0 Å². The number of ether oxygens (including phenoxy) is 1. The van der Waals surface area contributed by atoms with E-state index >= 15 is 0 Å². The van der Waals surface area contributed by atoms with Gasteiger partial charge < -0.3 is 10.1 Å². The summed E-state index contributed by atoms with van der Waals surface area (Å²) in [7, 11) is 1.67. The summed E-state index contributed by atoms with van der Waals surface area (Å²) in [6, 6.07) is 17.8. The van der Waals surface area contributed by atoms with Crippen molar-refractivity contribution in [1.82, 2.24) is 5.32 Å². The van der Waals surface area contributed by atoms with Crippen molar-refractivity contribution < 1.29 is 9.53 Å². The van der Waals surface area contributed by atoms with E-state index in [1.807, 2.05) is 54.6 Å². The van der Waals surface area contributed by atoms with Crippen LogP contribution in [0.3, 0.4) is 0 Å². The zero-order valence-electron chi connectivity index (χ0n) is 12.8. The Balaban J connectivity index is 1.70. The number of benzene rings is 2. The molecule has 0 radical (unpaired) electrons. The first-order valence-electron chi connectivity index (χ1n) is 7.42. The molecule has 0 fully saturated rings. The molecule has 2 aromatic carbocycles. The smallest absolute Gasteiger partial charge is 0.243 e. The highest BCUT2D eigenvalue weighted by molar-refractivity contribution is 5.91. The lowest BCUT2D eigenvalue weighted by Gasteiger charge is -2.05. The van der Waals surface area contributed by atoms with Crippen LogP contribution in [0.25, 0.3) is 6.08 Å². The van der Waals surface area contributed by atoms with Gasteiger partial charge in [0.25, 0.3) is 0 Å². The molecular formula is C19H21NO2. The molecule has 1 N–H and O–H groups in total. The lowest BCUT2D eigenvalue weighted by Crippen LogP contribution is -2.22. The molecule has 0 unspecified atom stereocenters. The number of amides is 1. The van der Waals surface area contributed by atoms with Gasteiger partial charge in [0.1, 0.15) is 5.75 Å². The number of carbonyl (C=O) groups is 1. The third-order valence-corrected chi connectivity index (χ3v) is 3.30. The molecule has 3 nitrogen and oxygen atoms in total. The lowest BCUT2D eigenvalue weighted by atomic mass is 10.1. The standard InChI is InChI=1S/C19H21NO2/c1-22-18-11-5-9-17(15-18)10-6-14-20-19(21)13-12-16-7-3-2-4-8-16/h2-5,7-9,11-13,15H,6,10,14H2,1H3,(H,20,21)/b13-12+. The number of aryl methyl sites for hydroxylation is 1. The van der Waals surface area contributed by atoms with Crippen molar-refractivity contribution in [3.63, 3.8) is 0 Å². The van der Waals surface area contributed by atoms with Crippen LogP contribution in [-0.2, 0) is 11.2 Å².